The number of benzene rings is 1. The normalized spacial score (nSPS) is 13.7. The highest BCUT2D eigenvalue weighted by atomic mass is 32.2. The summed E-state index contributed by atoms with van der Waals surface area (Å²) in [6.45, 7) is 14.2. The number of rotatable bonds is 7. The van der Waals surface area contributed by atoms with Crippen molar-refractivity contribution < 1.29 is 14.1 Å². The zero-order valence-electron chi connectivity index (χ0n) is 24.3. The molecule has 1 unspecified atom stereocenters. The predicted octanol–water partition coefficient (Wildman–Crippen LogP) is 7.34. The minimum absolute atomic E-state index is 0.0180. The second-order valence-electron chi connectivity index (χ2n) is 9.23. The Morgan fingerprint density at radius 1 is 1.23 bits per heavy atom. The Morgan fingerprint density at radius 2 is 1.97 bits per heavy atom. The van der Waals surface area contributed by atoms with Crippen LogP contribution in [0.4, 0.5) is 17.3 Å². The molecule has 210 valence electrons. The van der Waals surface area contributed by atoms with Crippen molar-refractivity contribution in [3.05, 3.63) is 47.9 Å². The van der Waals surface area contributed by atoms with E-state index in [0.717, 1.165) is 40.6 Å². The van der Waals surface area contributed by atoms with Crippen molar-refractivity contribution in [2.24, 2.45) is 0 Å². The third kappa shape index (κ3) is 8.69. The average molecular weight is 552 g/mol. The fourth-order valence-corrected chi connectivity index (χ4v) is 4.20. The van der Waals surface area contributed by atoms with Gasteiger partial charge in [0.15, 0.2) is 5.82 Å². The van der Waals surface area contributed by atoms with Gasteiger partial charge in [-0.15, -0.1) is 18.2 Å². The highest BCUT2D eigenvalue weighted by molar-refractivity contribution is 7.98. The van der Waals surface area contributed by atoms with Gasteiger partial charge >= 0.3 is 0 Å². The van der Waals surface area contributed by atoms with Crippen LogP contribution in [0.15, 0.2) is 45.9 Å². The molecular formula is C30H41N5O3S. The smallest absolute Gasteiger partial charge is 0.243 e. The molecule has 3 N–H and O–H groups in total. The van der Waals surface area contributed by atoms with E-state index in [1.165, 1.54) is 11.8 Å². The van der Waals surface area contributed by atoms with Gasteiger partial charge in [0.1, 0.15) is 23.1 Å². The molecule has 0 fully saturated rings. The van der Waals surface area contributed by atoms with Gasteiger partial charge in [0.2, 0.25) is 5.91 Å². The number of nitrogens with one attached hydrogen (secondary N) is 3. The van der Waals surface area contributed by atoms with Gasteiger partial charge in [-0.2, -0.15) is 0 Å². The molecule has 1 atom stereocenters. The zero-order valence-corrected chi connectivity index (χ0v) is 25.1. The summed E-state index contributed by atoms with van der Waals surface area (Å²) >= 11 is 1.53. The van der Waals surface area contributed by atoms with Crippen molar-refractivity contribution in [3.8, 4) is 23.8 Å². The monoisotopic (exact) mass is 551 g/mol. The first-order valence-electron chi connectivity index (χ1n) is 13.3. The largest absolute Gasteiger partial charge is 0.457 e. The SMILES string of the molecule is C#CC1CCc2c(Oc3ccc(NC(=O)CNc4cc(C(C)(C)C)on4)c(SC)c3)ccnc2N1.CC.CC. The van der Waals surface area contributed by atoms with Crippen molar-refractivity contribution in [2.75, 3.05) is 28.8 Å². The van der Waals surface area contributed by atoms with Crippen LogP contribution in [-0.4, -0.2) is 34.9 Å². The van der Waals surface area contributed by atoms with Crippen LogP contribution < -0.4 is 20.7 Å². The minimum atomic E-state index is -0.188. The maximum absolute atomic E-state index is 12.5. The first-order valence-corrected chi connectivity index (χ1v) is 14.6. The summed E-state index contributed by atoms with van der Waals surface area (Å²) in [4.78, 5) is 17.8. The van der Waals surface area contributed by atoms with E-state index in [4.69, 9.17) is 15.7 Å². The number of terminal acetylenes is 1. The van der Waals surface area contributed by atoms with E-state index >= 15 is 0 Å². The molecule has 0 aliphatic carbocycles. The van der Waals surface area contributed by atoms with E-state index < -0.39 is 0 Å². The maximum Gasteiger partial charge on any atom is 0.243 e. The van der Waals surface area contributed by atoms with Crippen LogP contribution in [0.25, 0.3) is 0 Å². The molecule has 0 spiro atoms. The lowest BCUT2D eigenvalue weighted by molar-refractivity contribution is -0.114. The van der Waals surface area contributed by atoms with Crippen molar-refractivity contribution in [2.45, 2.75) is 77.7 Å². The number of anilines is 3. The number of ether oxygens (including phenoxy) is 1. The Bertz CT molecular complexity index is 1260. The van der Waals surface area contributed by atoms with Crippen LogP contribution in [-0.2, 0) is 16.6 Å². The van der Waals surface area contributed by atoms with Crippen LogP contribution in [0.5, 0.6) is 11.5 Å². The molecule has 1 aromatic carbocycles. The Balaban J connectivity index is 0.00000127. The summed E-state index contributed by atoms with van der Waals surface area (Å²) in [5.41, 5.74) is 1.57. The van der Waals surface area contributed by atoms with Gasteiger partial charge in [-0.3, -0.25) is 4.79 Å². The summed E-state index contributed by atoms with van der Waals surface area (Å²) < 4.78 is 11.5. The Kier molecular flexibility index (Phi) is 12.2. The van der Waals surface area contributed by atoms with Gasteiger partial charge < -0.3 is 25.2 Å². The number of amides is 1. The summed E-state index contributed by atoms with van der Waals surface area (Å²) in [6, 6.07) is 9.24. The number of hydrogen-bond acceptors (Lipinski definition) is 8. The standard InChI is InChI=1S/C26H29N5O3S.2C2H6/c1-6-16-7-9-18-20(11-12-27-25(18)29-16)33-17-8-10-19(21(13-17)35-5)30-24(32)15-28-23-14-22(34-31-23)26(2,3)4;2*1-2/h1,8,10-14,16H,7,9,15H2,2-5H3,(H,27,29)(H,28,31)(H,30,32);2*1-2H3. The highest BCUT2D eigenvalue weighted by Crippen LogP contribution is 2.36. The molecule has 0 saturated heterocycles. The Morgan fingerprint density at radius 3 is 2.62 bits per heavy atom. The molecule has 1 amide bonds. The quantitative estimate of drug-likeness (QED) is 0.207. The van der Waals surface area contributed by atoms with E-state index in [-0.39, 0.29) is 23.9 Å². The van der Waals surface area contributed by atoms with Crippen LogP contribution in [0, 0.1) is 12.3 Å². The van der Waals surface area contributed by atoms with Crippen LogP contribution in [0.2, 0.25) is 0 Å². The van der Waals surface area contributed by atoms with Gasteiger partial charge in [0.25, 0.3) is 0 Å². The molecule has 2 aromatic heterocycles. The number of nitrogens with zero attached hydrogens (tertiary/aromatic N) is 2. The summed E-state index contributed by atoms with van der Waals surface area (Å²) in [5, 5.41) is 13.2. The van der Waals surface area contributed by atoms with Gasteiger partial charge in [-0.05, 0) is 43.4 Å². The number of aromatic nitrogens is 2. The molecule has 0 bridgehead atoms. The number of carbonyl (C=O) groups excluding carboxylic acids is 1. The molecular weight excluding hydrogens is 510 g/mol. The van der Waals surface area contributed by atoms with Crippen molar-refractivity contribution in [3.63, 3.8) is 0 Å². The lowest BCUT2D eigenvalue weighted by Crippen LogP contribution is -2.24. The molecule has 8 nitrogen and oxygen atoms in total. The molecule has 9 heteroatoms. The van der Waals surface area contributed by atoms with Crippen LogP contribution in [0.3, 0.4) is 0 Å². The molecule has 0 radical (unpaired) electrons. The predicted molar refractivity (Wildman–Crippen MR) is 162 cm³/mol. The molecule has 0 saturated carbocycles. The van der Waals surface area contributed by atoms with E-state index in [1.54, 1.807) is 6.20 Å². The average Bonchev–Trinajstić information content (AvgIpc) is 3.45. The molecule has 1 aliphatic heterocycles. The summed E-state index contributed by atoms with van der Waals surface area (Å²) in [6.07, 6.45) is 10.8. The maximum atomic E-state index is 12.5. The number of pyridine rings is 1. The minimum Gasteiger partial charge on any atom is -0.457 e. The van der Waals surface area contributed by atoms with Crippen molar-refractivity contribution in [1.29, 1.82) is 0 Å². The fraction of sp³-hybridized carbons (Fsp3) is 0.433. The van der Waals surface area contributed by atoms with E-state index in [9.17, 15) is 4.79 Å². The number of thioether (sulfide) groups is 1. The van der Waals surface area contributed by atoms with Crippen molar-refractivity contribution in [1.82, 2.24) is 10.1 Å². The van der Waals surface area contributed by atoms with Crippen LogP contribution >= 0.6 is 11.8 Å². The Hall–Kier alpha value is -3.64. The van der Waals surface area contributed by atoms with E-state index in [0.29, 0.717) is 17.3 Å². The molecule has 39 heavy (non-hydrogen) atoms. The zero-order chi connectivity index (χ0) is 29.0. The molecule has 1 aliphatic rings. The van der Waals surface area contributed by atoms with E-state index in [1.807, 2.05) is 85.1 Å². The van der Waals surface area contributed by atoms with Gasteiger partial charge in [0.05, 0.1) is 18.3 Å². The third-order valence-corrected chi connectivity index (χ3v) is 6.34. The summed E-state index contributed by atoms with van der Waals surface area (Å²) in [5.74, 6) is 6.01. The molecule has 3 heterocycles. The Labute approximate surface area is 237 Å². The number of fused-ring (bicyclic) bond motifs is 1. The fourth-order valence-electron chi connectivity index (χ4n) is 3.63. The topological polar surface area (TPSA) is 101 Å². The van der Waals surface area contributed by atoms with Crippen molar-refractivity contribution >= 4 is 35.0 Å². The van der Waals surface area contributed by atoms with Crippen LogP contribution in [0.1, 0.15) is 66.2 Å². The second-order valence-corrected chi connectivity index (χ2v) is 10.1. The third-order valence-electron chi connectivity index (χ3n) is 5.56. The van der Waals surface area contributed by atoms with Gasteiger partial charge in [-0.25, -0.2) is 4.98 Å². The lowest BCUT2D eigenvalue weighted by atomic mass is 9.93. The first-order chi connectivity index (χ1) is 18.8. The van der Waals surface area contributed by atoms with E-state index in [2.05, 4.69) is 32.0 Å². The molecule has 4 rings (SSSR count). The highest BCUT2D eigenvalue weighted by Gasteiger charge is 2.22. The summed E-state index contributed by atoms with van der Waals surface area (Å²) in [7, 11) is 0. The van der Waals surface area contributed by atoms with Gasteiger partial charge in [-0.1, -0.05) is 59.5 Å². The van der Waals surface area contributed by atoms with Gasteiger partial charge in [0, 0.05) is 28.1 Å². The molecule has 3 aromatic rings. The number of carbonyl (C=O) groups is 1. The number of hydrogen-bond donors (Lipinski definition) is 3. The second kappa shape index (κ2) is 15.1. The lowest BCUT2D eigenvalue weighted by Gasteiger charge is -2.24. The first kappa shape index (κ1) is 31.6.